The number of nitrogens with zero attached hydrogens (tertiary/aromatic N) is 2. The number of carbonyl (C=O) groups excluding carboxylic acids is 2. The second-order valence-electron chi connectivity index (χ2n) is 7.42. The smallest absolute Gasteiger partial charge is 0.251 e. The number of benzene rings is 2. The summed E-state index contributed by atoms with van der Waals surface area (Å²) in [5.41, 5.74) is 1.74. The molecule has 2 N–H and O–H groups in total. The Bertz CT molecular complexity index is 1070. The average Bonchev–Trinajstić information content (AvgIpc) is 3.31. The molecular formula is C23H25ClN4O4. The first kappa shape index (κ1) is 23.1. The Morgan fingerprint density at radius 1 is 1.19 bits per heavy atom. The number of nitrogens with one attached hydrogen (secondary N) is 2. The molecule has 168 valence electrons. The Labute approximate surface area is 191 Å². The molecule has 0 radical (unpaired) electrons. The Morgan fingerprint density at radius 3 is 2.56 bits per heavy atom. The molecule has 0 atom stereocenters. The molecule has 3 aromatic rings. The van der Waals surface area contributed by atoms with Crippen LogP contribution in [0.15, 0.2) is 54.9 Å². The lowest BCUT2D eigenvalue weighted by Gasteiger charge is -2.15. The van der Waals surface area contributed by atoms with Gasteiger partial charge in [0.1, 0.15) is 0 Å². The minimum absolute atomic E-state index is 0.203. The quantitative estimate of drug-likeness (QED) is 0.508. The van der Waals surface area contributed by atoms with Crippen molar-refractivity contribution in [3.05, 3.63) is 65.4 Å². The van der Waals surface area contributed by atoms with E-state index in [-0.39, 0.29) is 23.0 Å². The van der Waals surface area contributed by atoms with E-state index in [9.17, 15) is 9.59 Å². The predicted octanol–water partition coefficient (Wildman–Crippen LogP) is 3.94. The van der Waals surface area contributed by atoms with Crippen molar-refractivity contribution in [2.24, 2.45) is 5.92 Å². The molecule has 2 aromatic carbocycles. The Kier molecular flexibility index (Phi) is 7.72. The van der Waals surface area contributed by atoms with Gasteiger partial charge in [0.2, 0.25) is 5.91 Å². The number of methoxy groups -OCH3 is 1. The summed E-state index contributed by atoms with van der Waals surface area (Å²) < 4.78 is 12.7. The van der Waals surface area contributed by atoms with Crippen molar-refractivity contribution < 1.29 is 19.1 Å². The number of halogens is 1. The molecule has 8 nitrogen and oxygen atoms in total. The van der Waals surface area contributed by atoms with Crippen molar-refractivity contribution in [2.75, 3.05) is 25.6 Å². The molecule has 2 amide bonds. The minimum atomic E-state index is -0.454. The van der Waals surface area contributed by atoms with Gasteiger partial charge in [0.05, 0.1) is 31.0 Å². The molecular weight excluding hydrogens is 432 g/mol. The van der Waals surface area contributed by atoms with Crippen LogP contribution in [0.5, 0.6) is 11.5 Å². The fourth-order valence-corrected chi connectivity index (χ4v) is 3.09. The maximum absolute atomic E-state index is 12.5. The summed E-state index contributed by atoms with van der Waals surface area (Å²) in [7, 11) is 1.47. The van der Waals surface area contributed by atoms with Gasteiger partial charge < -0.3 is 20.1 Å². The van der Waals surface area contributed by atoms with E-state index >= 15 is 0 Å². The molecule has 0 saturated carbocycles. The third kappa shape index (κ3) is 6.01. The third-order valence-corrected chi connectivity index (χ3v) is 4.66. The van der Waals surface area contributed by atoms with Crippen LogP contribution in [-0.2, 0) is 4.79 Å². The van der Waals surface area contributed by atoms with Crippen LogP contribution in [0.4, 0.5) is 5.69 Å². The number of carbonyl (C=O) groups is 2. The van der Waals surface area contributed by atoms with Crippen LogP contribution in [0.1, 0.15) is 24.2 Å². The summed E-state index contributed by atoms with van der Waals surface area (Å²) in [5.74, 6) is 0.227. The second-order valence-corrected chi connectivity index (χ2v) is 7.83. The van der Waals surface area contributed by atoms with E-state index < -0.39 is 5.91 Å². The molecule has 0 aliphatic rings. The first-order chi connectivity index (χ1) is 15.4. The minimum Gasteiger partial charge on any atom is -0.493 e. The Hall–Kier alpha value is -3.52. The molecule has 0 aliphatic carbocycles. The zero-order chi connectivity index (χ0) is 23.1. The topological polar surface area (TPSA) is 94.5 Å². The van der Waals surface area contributed by atoms with Crippen molar-refractivity contribution in [1.82, 2.24) is 15.1 Å². The van der Waals surface area contributed by atoms with Crippen LogP contribution in [0.25, 0.3) is 5.69 Å². The van der Waals surface area contributed by atoms with Gasteiger partial charge in [-0.3, -0.25) is 9.59 Å². The van der Waals surface area contributed by atoms with Gasteiger partial charge in [0, 0.05) is 23.6 Å². The molecule has 0 unspecified atom stereocenters. The zero-order valence-electron chi connectivity index (χ0n) is 18.1. The van der Waals surface area contributed by atoms with E-state index in [0.717, 1.165) is 5.69 Å². The molecule has 0 aliphatic heterocycles. The highest BCUT2D eigenvalue weighted by Crippen LogP contribution is 2.36. The summed E-state index contributed by atoms with van der Waals surface area (Å²) in [6.07, 6.45) is 3.51. The van der Waals surface area contributed by atoms with Gasteiger partial charge in [-0.15, -0.1) is 0 Å². The highest BCUT2D eigenvalue weighted by Gasteiger charge is 2.17. The van der Waals surface area contributed by atoms with Crippen LogP contribution < -0.4 is 20.1 Å². The van der Waals surface area contributed by atoms with Gasteiger partial charge >= 0.3 is 0 Å². The van der Waals surface area contributed by atoms with Gasteiger partial charge in [0.15, 0.2) is 11.5 Å². The van der Waals surface area contributed by atoms with Crippen LogP contribution in [0.3, 0.4) is 0 Å². The first-order valence-electron chi connectivity index (χ1n) is 10.1. The largest absolute Gasteiger partial charge is 0.493 e. The van der Waals surface area contributed by atoms with Crippen LogP contribution in [0, 0.1) is 5.92 Å². The predicted molar refractivity (Wildman–Crippen MR) is 123 cm³/mol. The second kappa shape index (κ2) is 10.7. The summed E-state index contributed by atoms with van der Waals surface area (Å²) in [6.45, 7) is 4.29. The third-order valence-electron chi connectivity index (χ3n) is 4.38. The van der Waals surface area contributed by atoms with Gasteiger partial charge in [-0.1, -0.05) is 25.4 Å². The van der Waals surface area contributed by atoms with Crippen molar-refractivity contribution >= 4 is 29.1 Å². The number of hydrogen-bond donors (Lipinski definition) is 2. The standard InChI is InChI=1S/C23H25ClN4O4/c1-15(2)14-32-22-19(24)11-16(12-20(22)31-3)23(30)25-13-21(29)27-17-5-7-18(8-6-17)28-10-4-9-26-28/h4-12,15H,13-14H2,1-3H3,(H,25,30)(H,27,29). The van der Waals surface area contributed by atoms with E-state index in [1.165, 1.54) is 19.2 Å². The molecule has 0 saturated heterocycles. The van der Waals surface area contributed by atoms with Gasteiger partial charge in [-0.25, -0.2) is 4.68 Å². The van der Waals surface area contributed by atoms with Crippen LogP contribution in [0.2, 0.25) is 5.02 Å². The fourth-order valence-electron chi connectivity index (χ4n) is 2.83. The SMILES string of the molecule is COc1cc(C(=O)NCC(=O)Nc2ccc(-n3cccn3)cc2)cc(Cl)c1OCC(C)C. The Balaban J connectivity index is 1.57. The van der Waals surface area contributed by atoms with Gasteiger partial charge in [0.25, 0.3) is 5.91 Å². The highest BCUT2D eigenvalue weighted by molar-refractivity contribution is 6.32. The number of anilines is 1. The zero-order valence-corrected chi connectivity index (χ0v) is 18.8. The Morgan fingerprint density at radius 2 is 1.94 bits per heavy atom. The maximum atomic E-state index is 12.5. The molecule has 3 rings (SSSR count). The summed E-state index contributed by atoms with van der Waals surface area (Å²) in [4.78, 5) is 24.8. The van der Waals surface area contributed by atoms with Crippen molar-refractivity contribution in [2.45, 2.75) is 13.8 Å². The molecule has 1 aromatic heterocycles. The molecule has 0 fully saturated rings. The summed E-state index contributed by atoms with van der Waals surface area (Å²) >= 11 is 6.29. The molecule has 1 heterocycles. The molecule has 9 heteroatoms. The lowest BCUT2D eigenvalue weighted by Crippen LogP contribution is -2.32. The summed E-state index contributed by atoms with van der Waals surface area (Å²) in [5, 5.41) is 9.73. The number of aromatic nitrogens is 2. The summed E-state index contributed by atoms with van der Waals surface area (Å²) in [6, 6.07) is 12.0. The molecule has 32 heavy (non-hydrogen) atoms. The number of hydrogen-bond acceptors (Lipinski definition) is 5. The number of ether oxygens (including phenoxy) is 2. The van der Waals surface area contributed by atoms with Gasteiger partial charge in [-0.2, -0.15) is 5.10 Å². The number of rotatable bonds is 9. The fraction of sp³-hybridized carbons (Fsp3) is 0.261. The van der Waals surface area contributed by atoms with E-state index in [1.807, 2.05) is 38.2 Å². The van der Waals surface area contributed by atoms with E-state index in [4.69, 9.17) is 21.1 Å². The van der Waals surface area contributed by atoms with E-state index in [2.05, 4.69) is 15.7 Å². The number of amides is 2. The lowest BCUT2D eigenvalue weighted by atomic mass is 10.1. The highest BCUT2D eigenvalue weighted by atomic mass is 35.5. The average molecular weight is 457 g/mol. The first-order valence-corrected chi connectivity index (χ1v) is 10.4. The van der Waals surface area contributed by atoms with Crippen molar-refractivity contribution in [3.63, 3.8) is 0 Å². The van der Waals surface area contributed by atoms with E-state index in [0.29, 0.717) is 29.7 Å². The molecule has 0 spiro atoms. The van der Waals surface area contributed by atoms with Crippen molar-refractivity contribution in [1.29, 1.82) is 0 Å². The van der Waals surface area contributed by atoms with E-state index in [1.54, 1.807) is 23.0 Å². The lowest BCUT2D eigenvalue weighted by molar-refractivity contribution is -0.115. The monoisotopic (exact) mass is 456 g/mol. The van der Waals surface area contributed by atoms with Crippen molar-refractivity contribution in [3.8, 4) is 17.2 Å². The van der Waals surface area contributed by atoms with Gasteiger partial charge in [-0.05, 0) is 48.4 Å². The molecule has 0 bridgehead atoms. The normalized spacial score (nSPS) is 10.7. The van der Waals surface area contributed by atoms with Crippen LogP contribution in [-0.4, -0.2) is 41.9 Å². The maximum Gasteiger partial charge on any atom is 0.251 e. The van der Waals surface area contributed by atoms with Crippen LogP contribution >= 0.6 is 11.6 Å².